The average molecular weight is 289 g/mol. The Morgan fingerprint density at radius 3 is 2.70 bits per heavy atom. The molecule has 2 heterocycles. The number of nitro groups is 1. The smallest absolute Gasteiger partial charge is 0.317 e. The van der Waals surface area contributed by atoms with E-state index in [1.807, 2.05) is 0 Å². The number of aryl methyl sites for hydroxylation is 1. The zero-order valence-electron chi connectivity index (χ0n) is 10.2. The Balaban J connectivity index is 2.21. The molecule has 0 unspecified atom stereocenters. The van der Waals surface area contributed by atoms with Crippen molar-refractivity contribution in [1.29, 1.82) is 0 Å². The Bertz CT molecular complexity index is 868. The number of rotatable bonds is 2. The molecule has 0 radical (unpaired) electrons. The molecule has 3 aromatic rings. The summed E-state index contributed by atoms with van der Waals surface area (Å²) in [5.41, 5.74) is 2.21. The zero-order chi connectivity index (χ0) is 14.3. The van der Waals surface area contributed by atoms with Gasteiger partial charge in [-0.1, -0.05) is 5.16 Å². The van der Waals surface area contributed by atoms with E-state index >= 15 is 0 Å². The summed E-state index contributed by atoms with van der Waals surface area (Å²) in [6.07, 6.45) is 0. The van der Waals surface area contributed by atoms with E-state index in [0.717, 1.165) is 0 Å². The third kappa shape index (κ3) is 1.93. The molecule has 0 amide bonds. The highest BCUT2D eigenvalue weighted by Crippen LogP contribution is 2.20. The second-order valence-corrected chi connectivity index (χ2v) is 4.35. The molecule has 0 aliphatic rings. The largest absolute Gasteiger partial charge is 0.323 e. The molecular weight excluding hydrogens is 282 g/mol. The summed E-state index contributed by atoms with van der Waals surface area (Å²) in [7, 11) is 0. The van der Waals surface area contributed by atoms with Gasteiger partial charge < -0.3 is 4.52 Å². The van der Waals surface area contributed by atoms with Crippen molar-refractivity contribution in [3.63, 3.8) is 0 Å². The van der Waals surface area contributed by atoms with Crippen LogP contribution >= 0.6 is 12.2 Å². The standard InChI is InChI=1S/C11H7N5O3S/c1-6-9-10(12-11(20)19-14-9)15(13-6)7-2-4-8(5-3-7)16(17)18/h2-5H,1H3. The van der Waals surface area contributed by atoms with Crippen LogP contribution in [0.1, 0.15) is 5.69 Å². The highest BCUT2D eigenvalue weighted by Gasteiger charge is 2.13. The maximum Gasteiger partial charge on any atom is 0.317 e. The second kappa shape index (κ2) is 4.46. The van der Waals surface area contributed by atoms with Crippen LogP contribution in [0.5, 0.6) is 0 Å². The maximum absolute atomic E-state index is 10.6. The minimum Gasteiger partial charge on any atom is -0.323 e. The molecule has 2 aromatic heterocycles. The molecule has 0 fully saturated rings. The lowest BCUT2D eigenvalue weighted by molar-refractivity contribution is -0.384. The number of aromatic nitrogens is 4. The van der Waals surface area contributed by atoms with Gasteiger partial charge in [0.2, 0.25) is 0 Å². The lowest BCUT2D eigenvalue weighted by Gasteiger charge is -2.01. The van der Waals surface area contributed by atoms with E-state index in [0.29, 0.717) is 22.5 Å². The molecule has 9 heteroatoms. The van der Waals surface area contributed by atoms with Gasteiger partial charge in [0.1, 0.15) is 0 Å². The number of benzene rings is 1. The summed E-state index contributed by atoms with van der Waals surface area (Å²) < 4.78 is 6.35. The highest BCUT2D eigenvalue weighted by atomic mass is 32.1. The fourth-order valence-electron chi connectivity index (χ4n) is 1.80. The molecule has 20 heavy (non-hydrogen) atoms. The Hall–Kier alpha value is -2.68. The van der Waals surface area contributed by atoms with E-state index in [9.17, 15) is 10.1 Å². The zero-order valence-corrected chi connectivity index (χ0v) is 11.0. The molecule has 0 N–H and O–H groups in total. The van der Waals surface area contributed by atoms with Crippen LogP contribution in [0.4, 0.5) is 5.69 Å². The molecular formula is C11H7N5O3S. The molecule has 0 aliphatic heterocycles. The van der Waals surface area contributed by atoms with Crippen LogP contribution in [0, 0.1) is 21.9 Å². The topological polar surface area (TPSA) is 99.9 Å². The molecule has 0 saturated carbocycles. The van der Waals surface area contributed by atoms with Gasteiger partial charge in [-0.15, -0.1) is 0 Å². The minimum absolute atomic E-state index is 0.000520. The molecule has 1 aromatic carbocycles. The van der Waals surface area contributed by atoms with Crippen LogP contribution in [-0.2, 0) is 0 Å². The van der Waals surface area contributed by atoms with Gasteiger partial charge in [-0.3, -0.25) is 10.1 Å². The monoisotopic (exact) mass is 289 g/mol. The van der Waals surface area contributed by atoms with Crippen LogP contribution in [-0.4, -0.2) is 24.8 Å². The average Bonchev–Trinajstić information content (AvgIpc) is 2.75. The Kier molecular flexibility index (Phi) is 2.75. The first-order chi connectivity index (χ1) is 9.56. The lowest BCUT2D eigenvalue weighted by atomic mass is 10.3. The van der Waals surface area contributed by atoms with E-state index in [1.165, 1.54) is 16.8 Å². The summed E-state index contributed by atoms with van der Waals surface area (Å²) in [4.78, 5) is 14.3. The van der Waals surface area contributed by atoms with Crippen molar-refractivity contribution in [3.8, 4) is 5.69 Å². The van der Waals surface area contributed by atoms with Gasteiger partial charge in [0.05, 0.1) is 16.3 Å². The SMILES string of the molecule is Cc1nn(-c2ccc([N+](=O)[O-])cc2)c2nc(=S)onc12. The van der Waals surface area contributed by atoms with Crippen molar-refractivity contribution in [2.75, 3.05) is 0 Å². The molecule has 100 valence electrons. The van der Waals surface area contributed by atoms with Gasteiger partial charge in [0.15, 0.2) is 11.2 Å². The van der Waals surface area contributed by atoms with Crippen LogP contribution in [0.25, 0.3) is 16.9 Å². The Labute approximate surface area is 116 Å². The van der Waals surface area contributed by atoms with E-state index in [-0.39, 0.29) is 10.5 Å². The Morgan fingerprint density at radius 1 is 1.35 bits per heavy atom. The molecule has 0 saturated heterocycles. The van der Waals surface area contributed by atoms with Crippen molar-refractivity contribution in [1.82, 2.24) is 19.9 Å². The van der Waals surface area contributed by atoms with Crippen molar-refractivity contribution in [2.24, 2.45) is 0 Å². The third-order valence-corrected chi connectivity index (χ3v) is 2.89. The maximum atomic E-state index is 10.6. The third-order valence-electron chi connectivity index (χ3n) is 2.72. The predicted molar refractivity (Wildman–Crippen MR) is 71.2 cm³/mol. The number of non-ortho nitro benzene ring substituents is 1. The number of hydrogen-bond acceptors (Lipinski definition) is 7. The first-order valence-corrected chi connectivity index (χ1v) is 5.95. The lowest BCUT2D eigenvalue weighted by Crippen LogP contribution is -1.98. The quantitative estimate of drug-likeness (QED) is 0.405. The predicted octanol–water partition coefficient (Wildman–Crippen LogP) is 2.35. The number of nitro benzene ring substituents is 1. The van der Waals surface area contributed by atoms with Gasteiger partial charge in [0.25, 0.3) is 5.69 Å². The molecule has 3 rings (SSSR count). The molecule has 0 bridgehead atoms. The molecule has 8 nitrogen and oxygen atoms in total. The van der Waals surface area contributed by atoms with Crippen LogP contribution in [0.15, 0.2) is 28.8 Å². The summed E-state index contributed by atoms with van der Waals surface area (Å²) in [5.74, 6) is 0. The van der Waals surface area contributed by atoms with Crippen molar-refractivity contribution < 1.29 is 9.45 Å². The summed E-state index contributed by atoms with van der Waals surface area (Å²) in [6.45, 7) is 1.76. The van der Waals surface area contributed by atoms with Crippen molar-refractivity contribution in [2.45, 2.75) is 6.92 Å². The fourth-order valence-corrected chi connectivity index (χ4v) is 1.92. The number of nitrogens with zero attached hydrogens (tertiary/aromatic N) is 5. The number of hydrogen-bond donors (Lipinski definition) is 0. The van der Waals surface area contributed by atoms with E-state index < -0.39 is 4.92 Å². The highest BCUT2D eigenvalue weighted by molar-refractivity contribution is 7.71. The minimum atomic E-state index is -0.462. The summed E-state index contributed by atoms with van der Waals surface area (Å²) in [5, 5.41) is 18.8. The molecule has 0 atom stereocenters. The van der Waals surface area contributed by atoms with Crippen molar-refractivity contribution >= 4 is 29.1 Å². The Morgan fingerprint density at radius 2 is 2.05 bits per heavy atom. The molecule has 0 aliphatic carbocycles. The van der Waals surface area contributed by atoms with Crippen LogP contribution in [0.3, 0.4) is 0 Å². The van der Waals surface area contributed by atoms with Gasteiger partial charge in [-0.05, 0) is 31.3 Å². The first-order valence-electron chi connectivity index (χ1n) is 5.54. The summed E-state index contributed by atoms with van der Waals surface area (Å²) in [6, 6.07) is 5.96. The second-order valence-electron chi connectivity index (χ2n) is 4.00. The van der Waals surface area contributed by atoms with Gasteiger partial charge in [0, 0.05) is 12.1 Å². The van der Waals surface area contributed by atoms with Gasteiger partial charge >= 0.3 is 4.84 Å². The molecule has 0 spiro atoms. The van der Waals surface area contributed by atoms with Gasteiger partial charge in [-0.2, -0.15) is 10.1 Å². The van der Waals surface area contributed by atoms with Crippen molar-refractivity contribution in [3.05, 3.63) is 44.9 Å². The van der Waals surface area contributed by atoms with E-state index in [2.05, 4.69) is 15.2 Å². The fraction of sp³-hybridized carbons (Fsp3) is 0.0909. The van der Waals surface area contributed by atoms with Crippen LogP contribution < -0.4 is 0 Å². The van der Waals surface area contributed by atoms with E-state index in [4.69, 9.17) is 16.7 Å². The van der Waals surface area contributed by atoms with Crippen LogP contribution in [0.2, 0.25) is 0 Å². The summed E-state index contributed by atoms with van der Waals surface area (Å²) >= 11 is 4.84. The van der Waals surface area contributed by atoms with Gasteiger partial charge in [-0.25, -0.2) is 4.68 Å². The first kappa shape index (κ1) is 12.4. The number of fused-ring (bicyclic) bond motifs is 1. The van der Waals surface area contributed by atoms with E-state index in [1.54, 1.807) is 19.1 Å². The normalized spacial score (nSPS) is 10.8.